The van der Waals surface area contributed by atoms with Crippen molar-refractivity contribution in [2.24, 2.45) is 5.41 Å². The van der Waals surface area contributed by atoms with Gasteiger partial charge in [-0.25, -0.2) is 14.4 Å². The molecule has 7 rings (SSSR count). The van der Waals surface area contributed by atoms with Crippen molar-refractivity contribution in [2.75, 3.05) is 57.4 Å². The molecule has 5 heterocycles. The first kappa shape index (κ1) is 32.7. The van der Waals surface area contributed by atoms with Gasteiger partial charge >= 0.3 is 0 Å². The molecule has 11 nitrogen and oxygen atoms in total. The summed E-state index contributed by atoms with van der Waals surface area (Å²) in [7, 11) is 0. The Morgan fingerprint density at radius 3 is 2.81 bits per heavy atom. The van der Waals surface area contributed by atoms with Gasteiger partial charge in [-0.3, -0.25) is 14.7 Å². The highest BCUT2D eigenvalue weighted by Gasteiger charge is 2.54. The summed E-state index contributed by atoms with van der Waals surface area (Å²) in [5, 5.41) is 3.56. The van der Waals surface area contributed by atoms with Crippen LogP contribution in [0.4, 0.5) is 10.2 Å². The quantitative estimate of drug-likeness (QED) is 0.317. The molecule has 1 N–H and O–H groups in total. The fourth-order valence-electron chi connectivity index (χ4n) is 7.65. The van der Waals surface area contributed by atoms with Crippen LogP contribution in [0.2, 0.25) is 0 Å². The molecule has 1 aliphatic carbocycles. The zero-order valence-corrected chi connectivity index (χ0v) is 28.2. The SMILES string of the molecule is CCN(C(=O)c1cc(F)ccc1Oc1cncnc1N1CC2(CC(Oc3ccnc4c3CN(CC[C@@H]3COCCN3)CC4)C2)C1)C(C)C. The number of aromatic nitrogens is 3. The van der Waals surface area contributed by atoms with Gasteiger partial charge in [0.25, 0.3) is 5.91 Å². The summed E-state index contributed by atoms with van der Waals surface area (Å²) in [5.74, 6) is 1.58. The molecule has 0 unspecified atom stereocenters. The molecular formula is C36H46FN7O4. The van der Waals surface area contributed by atoms with Crippen LogP contribution >= 0.6 is 0 Å². The predicted molar refractivity (Wildman–Crippen MR) is 179 cm³/mol. The molecule has 4 aliphatic rings. The summed E-state index contributed by atoms with van der Waals surface area (Å²) in [4.78, 5) is 33.2. The van der Waals surface area contributed by atoms with E-state index in [4.69, 9.17) is 14.2 Å². The Morgan fingerprint density at radius 1 is 1.19 bits per heavy atom. The number of ether oxygens (including phenoxy) is 3. The van der Waals surface area contributed by atoms with Crippen molar-refractivity contribution in [1.29, 1.82) is 0 Å². The smallest absolute Gasteiger partial charge is 0.257 e. The zero-order chi connectivity index (χ0) is 33.3. The van der Waals surface area contributed by atoms with Gasteiger partial charge in [-0.15, -0.1) is 0 Å². The monoisotopic (exact) mass is 659 g/mol. The molecule has 1 amide bonds. The molecule has 0 bridgehead atoms. The number of rotatable bonds is 11. The lowest BCUT2D eigenvalue weighted by Crippen LogP contribution is -2.65. The van der Waals surface area contributed by atoms with Crippen molar-refractivity contribution in [3.63, 3.8) is 0 Å². The van der Waals surface area contributed by atoms with Gasteiger partial charge in [0.15, 0.2) is 11.6 Å². The maximum Gasteiger partial charge on any atom is 0.257 e. The topological polar surface area (TPSA) is 105 Å². The summed E-state index contributed by atoms with van der Waals surface area (Å²) >= 11 is 0. The third-order valence-corrected chi connectivity index (χ3v) is 10.2. The van der Waals surface area contributed by atoms with Gasteiger partial charge in [-0.1, -0.05) is 0 Å². The highest BCUT2D eigenvalue weighted by molar-refractivity contribution is 5.97. The van der Waals surface area contributed by atoms with Crippen LogP contribution in [-0.4, -0.2) is 101 Å². The lowest BCUT2D eigenvalue weighted by molar-refractivity contribution is -0.0353. The van der Waals surface area contributed by atoms with Crippen molar-refractivity contribution in [3.8, 4) is 17.2 Å². The lowest BCUT2D eigenvalue weighted by atomic mass is 9.61. The molecular weight excluding hydrogens is 613 g/mol. The van der Waals surface area contributed by atoms with Crippen molar-refractivity contribution >= 4 is 11.7 Å². The number of carbonyl (C=O) groups is 1. The maximum absolute atomic E-state index is 14.3. The molecule has 1 atom stereocenters. The van der Waals surface area contributed by atoms with Gasteiger partial charge in [0.2, 0.25) is 0 Å². The highest BCUT2D eigenvalue weighted by Crippen LogP contribution is 2.52. The summed E-state index contributed by atoms with van der Waals surface area (Å²) in [6.07, 6.45) is 9.10. The Morgan fingerprint density at radius 2 is 2.04 bits per heavy atom. The lowest BCUT2D eigenvalue weighted by Gasteiger charge is -2.59. The van der Waals surface area contributed by atoms with Crippen LogP contribution in [0.25, 0.3) is 0 Å². The first-order valence-corrected chi connectivity index (χ1v) is 17.3. The fraction of sp³-hybridized carbons (Fsp3) is 0.556. The number of carbonyl (C=O) groups excluding carboxylic acids is 1. The third-order valence-electron chi connectivity index (χ3n) is 10.2. The number of nitrogens with zero attached hydrogens (tertiary/aromatic N) is 6. The number of fused-ring (bicyclic) bond motifs is 1. The van der Waals surface area contributed by atoms with Crippen LogP contribution in [-0.2, 0) is 17.7 Å². The number of halogens is 1. The number of morpholine rings is 1. The molecule has 2 saturated heterocycles. The molecule has 1 spiro atoms. The van der Waals surface area contributed by atoms with E-state index < -0.39 is 5.82 Å². The van der Waals surface area contributed by atoms with Crippen molar-refractivity contribution in [3.05, 3.63) is 65.6 Å². The Kier molecular flexibility index (Phi) is 9.48. The molecule has 3 aliphatic heterocycles. The van der Waals surface area contributed by atoms with Gasteiger partial charge in [0.1, 0.15) is 29.7 Å². The minimum Gasteiger partial charge on any atom is -0.490 e. The van der Waals surface area contributed by atoms with Gasteiger partial charge in [0.05, 0.1) is 25.0 Å². The number of hydrogen-bond acceptors (Lipinski definition) is 10. The van der Waals surface area contributed by atoms with E-state index in [9.17, 15) is 9.18 Å². The van der Waals surface area contributed by atoms with E-state index >= 15 is 0 Å². The van der Waals surface area contributed by atoms with Gasteiger partial charge < -0.3 is 29.3 Å². The number of benzene rings is 1. The van der Waals surface area contributed by atoms with Crippen LogP contribution in [0.1, 0.15) is 61.6 Å². The summed E-state index contributed by atoms with van der Waals surface area (Å²) in [5.41, 5.74) is 2.72. The van der Waals surface area contributed by atoms with Crippen LogP contribution < -0.4 is 19.7 Å². The molecule has 48 heavy (non-hydrogen) atoms. The minimum atomic E-state index is -0.492. The minimum absolute atomic E-state index is 0.0369. The summed E-state index contributed by atoms with van der Waals surface area (Å²) in [6, 6.07) is 6.45. The molecule has 1 saturated carbocycles. The summed E-state index contributed by atoms with van der Waals surface area (Å²) in [6.45, 7) is 13.4. The van der Waals surface area contributed by atoms with Crippen LogP contribution in [0.15, 0.2) is 43.0 Å². The first-order valence-electron chi connectivity index (χ1n) is 17.3. The van der Waals surface area contributed by atoms with E-state index in [0.29, 0.717) is 24.2 Å². The van der Waals surface area contributed by atoms with Crippen molar-refractivity contribution in [1.82, 2.24) is 30.1 Å². The Balaban J connectivity index is 0.962. The normalized spacial score (nSPS) is 20.6. The van der Waals surface area contributed by atoms with E-state index in [1.807, 2.05) is 33.0 Å². The third kappa shape index (κ3) is 6.83. The second-order valence-corrected chi connectivity index (χ2v) is 13.9. The molecule has 2 aromatic heterocycles. The van der Waals surface area contributed by atoms with Crippen LogP contribution in [0.3, 0.4) is 0 Å². The molecule has 0 radical (unpaired) electrons. The molecule has 12 heteroatoms. The molecule has 3 fully saturated rings. The number of amides is 1. The van der Waals surface area contributed by atoms with Crippen LogP contribution in [0, 0.1) is 11.2 Å². The number of nitrogens with one attached hydrogen (secondary N) is 1. The van der Waals surface area contributed by atoms with Crippen molar-refractivity contribution < 1.29 is 23.4 Å². The Hall–Kier alpha value is -3.87. The average Bonchev–Trinajstić information content (AvgIpc) is 3.06. The van der Waals surface area contributed by atoms with Crippen LogP contribution in [0.5, 0.6) is 17.2 Å². The zero-order valence-electron chi connectivity index (χ0n) is 28.2. The highest BCUT2D eigenvalue weighted by atomic mass is 19.1. The standard InChI is InChI=1S/C36H46FN7O4/c1-4-44(24(2)3)35(45)28-15-25(37)5-6-31(28)48-33-18-38-23-41-34(33)43-21-36(22-43)16-27(17-36)47-32-7-10-40-30-9-13-42(19-29(30)32)12-8-26-20-46-14-11-39-26/h5-7,10,15,18,23-24,26-27,39H,4,8-9,11-14,16-17,19-22H2,1-3H3/t26-/m1/s1. The number of pyridine rings is 1. The van der Waals surface area contributed by atoms with Gasteiger partial charge in [-0.2, -0.15) is 0 Å². The van der Waals surface area contributed by atoms with E-state index in [0.717, 1.165) is 89.6 Å². The Bertz CT molecular complexity index is 1600. The predicted octanol–water partition coefficient (Wildman–Crippen LogP) is 4.46. The Labute approximate surface area is 281 Å². The molecule has 256 valence electrons. The second kappa shape index (κ2) is 13.9. The number of hydrogen-bond donors (Lipinski definition) is 1. The molecule has 3 aromatic rings. The maximum atomic E-state index is 14.3. The van der Waals surface area contributed by atoms with E-state index in [1.165, 1.54) is 30.1 Å². The average molecular weight is 660 g/mol. The largest absolute Gasteiger partial charge is 0.490 e. The first-order chi connectivity index (χ1) is 23.3. The number of anilines is 1. The van der Waals surface area contributed by atoms with Gasteiger partial charge in [-0.05, 0) is 64.3 Å². The van der Waals surface area contributed by atoms with Gasteiger partial charge in [0, 0.05) is 87.2 Å². The fourth-order valence-corrected chi connectivity index (χ4v) is 7.65. The van der Waals surface area contributed by atoms with Crippen molar-refractivity contribution in [2.45, 2.75) is 71.2 Å². The van der Waals surface area contributed by atoms with E-state index in [1.54, 1.807) is 11.1 Å². The summed E-state index contributed by atoms with van der Waals surface area (Å²) < 4.78 is 32.8. The molecule has 1 aromatic carbocycles. The van der Waals surface area contributed by atoms with E-state index in [-0.39, 0.29) is 34.8 Å². The second-order valence-electron chi connectivity index (χ2n) is 13.9. The van der Waals surface area contributed by atoms with E-state index in [2.05, 4.69) is 30.1 Å².